The fourth-order valence-electron chi connectivity index (χ4n) is 10.4. The van der Waals surface area contributed by atoms with Crippen molar-refractivity contribution in [1.82, 2.24) is 0 Å². The number of aryl methyl sites for hydroxylation is 2. The molecule has 11 nitrogen and oxygen atoms in total. The van der Waals surface area contributed by atoms with Gasteiger partial charge in [-0.3, -0.25) is 4.79 Å². The van der Waals surface area contributed by atoms with Crippen molar-refractivity contribution < 1.29 is 45.8 Å². The van der Waals surface area contributed by atoms with Gasteiger partial charge in [-0.05, 0) is 112 Å². The topological polar surface area (TPSA) is 115 Å². The standard InChI is InChI=1S/C44H36O6.C37H30BrO5/c1-31-24-39(48-29-34-18-10-4-11-19-34)41-40(25-31)50-43(44(42(41)45)49-30-35-20-12-5-13-21-35)36-22-23-37(46-27-32-14-6-2-7-15-32)38(26-36)47-28-33-16-8-3-9-17-33;1-26-19-33(39-23-27-11-5-2-6-12-27)31-22-36(41-25-29-15-9-4-10-16-29)37(42-34(31)20-26)30-17-18-32(43-38)35(21-30)40-24-28-13-7-3-8-14-28/h2-26H,27-30H2,1H3;2-22H,23-25H2,1H3/q;+1. The summed E-state index contributed by atoms with van der Waals surface area (Å²) in [5, 5.41) is 1.15. The first-order valence-electron chi connectivity index (χ1n) is 30.5. The minimum atomic E-state index is -0.323. The van der Waals surface area contributed by atoms with Crippen molar-refractivity contribution >= 4 is 38.2 Å². The molecule has 0 aliphatic carbocycles. The highest BCUT2D eigenvalue weighted by molar-refractivity contribution is 9.06. The third-order valence-electron chi connectivity index (χ3n) is 15.2. The lowest BCUT2D eigenvalue weighted by Crippen LogP contribution is -2.12. The summed E-state index contributed by atoms with van der Waals surface area (Å²) < 4.78 is 62.8. The fraction of sp³-hybridized carbons (Fsp3) is 0.111. The Morgan fingerprint density at radius 3 is 1.18 bits per heavy atom. The van der Waals surface area contributed by atoms with Gasteiger partial charge in [-0.15, -0.1) is 0 Å². The maximum atomic E-state index is 14.5. The molecule has 0 aliphatic heterocycles. The van der Waals surface area contributed by atoms with Gasteiger partial charge in [-0.25, -0.2) is 4.42 Å². The number of hydrogen-bond acceptors (Lipinski definition) is 10. The average Bonchev–Trinajstić information content (AvgIpc) is 0.802. The van der Waals surface area contributed by atoms with Crippen LogP contribution in [0.15, 0.2) is 293 Å². The van der Waals surface area contributed by atoms with Gasteiger partial charge in [0, 0.05) is 23.8 Å². The van der Waals surface area contributed by atoms with Gasteiger partial charge in [0.15, 0.2) is 45.0 Å². The highest BCUT2D eigenvalue weighted by Gasteiger charge is 2.28. The van der Waals surface area contributed by atoms with Gasteiger partial charge < -0.3 is 41.4 Å². The van der Waals surface area contributed by atoms with Crippen LogP contribution in [0, 0.1) is 13.8 Å². The van der Waals surface area contributed by atoms with Crippen LogP contribution < -0.4 is 42.4 Å². The van der Waals surface area contributed by atoms with E-state index in [4.69, 9.17) is 45.8 Å². The first kappa shape index (κ1) is 62.1. The summed E-state index contributed by atoms with van der Waals surface area (Å²) >= 11 is 3.12. The fourth-order valence-corrected chi connectivity index (χ4v) is 10.7. The number of hydrogen-bond donors (Lipinski definition) is 0. The summed E-state index contributed by atoms with van der Waals surface area (Å²) in [6.45, 7) is 6.35. The van der Waals surface area contributed by atoms with E-state index in [2.05, 4.69) is 16.3 Å². The quantitative estimate of drug-likeness (QED) is 0.0539. The van der Waals surface area contributed by atoms with Crippen LogP contribution >= 0.6 is 16.3 Å². The molecular formula is C81H66BrO11+. The Morgan fingerprint density at radius 2 is 0.710 bits per heavy atom. The SMILES string of the molecule is Cc1cc(OCc2ccccc2)c2c(=O)c(OCc3ccccc3)c(-c3ccc(OCc4ccccc4)c(OCc4ccccc4)c3)oc2c1.Cc1cc(OCc2ccccc2)c2cc(OCc3ccccc3)c(-c3ccc(OBr)c(OCc4ccccc4)c3)[o+]c2c1. The Kier molecular flexibility index (Phi) is 20.5. The minimum absolute atomic E-state index is 0.0849. The van der Waals surface area contributed by atoms with Crippen LogP contribution in [0.2, 0.25) is 0 Å². The zero-order valence-electron chi connectivity index (χ0n) is 51.4. The largest absolute Gasteiger partial charge is 0.488 e. The highest BCUT2D eigenvalue weighted by atomic mass is 79.9. The summed E-state index contributed by atoms with van der Waals surface area (Å²) in [6, 6.07) is 90.6. The average molecular weight is 1300 g/mol. The number of halogens is 1. The summed E-state index contributed by atoms with van der Waals surface area (Å²) in [4.78, 5) is 14.5. The highest BCUT2D eigenvalue weighted by Crippen LogP contribution is 2.43. The molecule has 0 saturated heterocycles. The van der Waals surface area contributed by atoms with Crippen molar-refractivity contribution in [3.8, 4) is 68.6 Å². The van der Waals surface area contributed by atoms with Crippen LogP contribution in [0.1, 0.15) is 50.1 Å². The Morgan fingerprint density at radius 1 is 0.344 bits per heavy atom. The van der Waals surface area contributed by atoms with Crippen molar-refractivity contribution in [1.29, 1.82) is 0 Å². The van der Waals surface area contributed by atoms with Gasteiger partial charge in [-0.2, -0.15) is 0 Å². The molecule has 0 spiro atoms. The second kappa shape index (κ2) is 30.6. The molecule has 2 aromatic heterocycles. The number of benzene rings is 11. The van der Waals surface area contributed by atoms with E-state index in [0.717, 1.165) is 66.8 Å². The molecule has 0 N–H and O–H groups in total. The Balaban J connectivity index is 0.000000181. The molecule has 0 amide bonds. The molecule has 0 aliphatic rings. The third kappa shape index (κ3) is 16.3. The molecule has 0 fully saturated rings. The first-order valence-corrected chi connectivity index (χ1v) is 31.2. The third-order valence-corrected chi connectivity index (χ3v) is 15.5. The predicted octanol–water partition coefficient (Wildman–Crippen LogP) is 20.2. The van der Waals surface area contributed by atoms with E-state index in [1.54, 1.807) is 0 Å². The van der Waals surface area contributed by atoms with Crippen LogP contribution in [0.25, 0.3) is 44.6 Å². The Labute approximate surface area is 549 Å². The molecule has 0 atom stereocenters. The van der Waals surface area contributed by atoms with Crippen molar-refractivity contribution in [2.45, 2.75) is 60.1 Å². The molecule has 0 unspecified atom stereocenters. The van der Waals surface area contributed by atoms with Crippen LogP contribution in [-0.2, 0) is 46.2 Å². The zero-order chi connectivity index (χ0) is 63.6. The minimum Gasteiger partial charge on any atom is -0.488 e. The Hall–Kier alpha value is -11.1. The van der Waals surface area contributed by atoms with E-state index in [1.807, 2.05) is 293 Å². The van der Waals surface area contributed by atoms with E-state index in [-0.39, 0.29) is 23.5 Å². The maximum absolute atomic E-state index is 14.5. The number of rotatable bonds is 24. The van der Waals surface area contributed by atoms with Gasteiger partial charge in [-0.1, -0.05) is 212 Å². The summed E-state index contributed by atoms with van der Waals surface area (Å²) in [7, 11) is 0. The van der Waals surface area contributed by atoms with Gasteiger partial charge >= 0.3 is 11.3 Å². The molecule has 13 rings (SSSR count). The van der Waals surface area contributed by atoms with Gasteiger partial charge in [0.1, 0.15) is 74.1 Å². The molecule has 12 heteroatoms. The van der Waals surface area contributed by atoms with E-state index in [9.17, 15) is 4.79 Å². The van der Waals surface area contributed by atoms with Crippen molar-refractivity contribution in [3.63, 3.8) is 0 Å². The molecule has 93 heavy (non-hydrogen) atoms. The normalized spacial score (nSPS) is 10.9. The van der Waals surface area contributed by atoms with Crippen molar-refractivity contribution in [2.75, 3.05) is 0 Å². The molecule has 0 radical (unpaired) electrons. The molecule has 2 heterocycles. The number of ether oxygens (including phenoxy) is 7. The lowest BCUT2D eigenvalue weighted by molar-refractivity contribution is 0.256. The van der Waals surface area contributed by atoms with Gasteiger partial charge in [0.05, 0.1) is 5.56 Å². The number of fused-ring (bicyclic) bond motifs is 2. The van der Waals surface area contributed by atoms with Gasteiger partial charge in [0.2, 0.25) is 16.9 Å². The molecule has 11 aromatic carbocycles. The summed E-state index contributed by atoms with van der Waals surface area (Å²) in [5.74, 6) is 4.90. The van der Waals surface area contributed by atoms with Crippen LogP contribution in [0.4, 0.5) is 0 Å². The van der Waals surface area contributed by atoms with Crippen LogP contribution in [-0.4, -0.2) is 0 Å². The van der Waals surface area contributed by atoms with E-state index >= 15 is 0 Å². The predicted molar refractivity (Wildman–Crippen MR) is 368 cm³/mol. The second-order valence-corrected chi connectivity index (χ2v) is 22.5. The van der Waals surface area contributed by atoms with Crippen LogP contribution in [0.3, 0.4) is 0 Å². The van der Waals surface area contributed by atoms with E-state index < -0.39 is 0 Å². The van der Waals surface area contributed by atoms with Crippen LogP contribution in [0.5, 0.6) is 46.0 Å². The zero-order valence-corrected chi connectivity index (χ0v) is 53.0. The van der Waals surface area contributed by atoms with E-state index in [1.165, 1.54) is 0 Å². The smallest absolute Gasteiger partial charge is 0.402 e. The van der Waals surface area contributed by atoms with Crippen molar-refractivity contribution in [2.24, 2.45) is 0 Å². The maximum Gasteiger partial charge on any atom is 0.402 e. The van der Waals surface area contributed by atoms with E-state index in [0.29, 0.717) is 102 Å². The Bertz CT molecular complexity index is 4630. The molecule has 13 aromatic rings. The second-order valence-electron chi connectivity index (χ2n) is 22.2. The lowest BCUT2D eigenvalue weighted by atomic mass is 10.1. The summed E-state index contributed by atoms with van der Waals surface area (Å²) in [5.41, 5.74) is 11.2. The summed E-state index contributed by atoms with van der Waals surface area (Å²) in [6.07, 6.45) is 0. The molecule has 462 valence electrons. The first-order chi connectivity index (χ1) is 45.8. The van der Waals surface area contributed by atoms with Crippen molar-refractivity contribution in [3.05, 3.63) is 339 Å². The monoisotopic (exact) mass is 1290 g/mol. The molecule has 0 bridgehead atoms. The molecular weight excluding hydrogens is 1230 g/mol. The lowest BCUT2D eigenvalue weighted by Gasteiger charge is -2.17. The molecule has 0 saturated carbocycles. The van der Waals surface area contributed by atoms with Gasteiger partial charge in [0.25, 0.3) is 0 Å².